The number of rotatable bonds is 3. The van der Waals surface area contributed by atoms with E-state index in [1.54, 1.807) is 12.1 Å². The van der Waals surface area contributed by atoms with Crippen LogP contribution in [0.15, 0.2) is 18.2 Å². The van der Waals surface area contributed by atoms with Gasteiger partial charge in [-0.25, -0.2) is 0 Å². The minimum absolute atomic E-state index is 0.0120. The second-order valence-electron chi connectivity index (χ2n) is 4.46. The molecule has 0 radical (unpaired) electrons. The average Bonchev–Trinajstić information content (AvgIpc) is 2.39. The molecular weight excluding hydrogens is 236 g/mol. The monoisotopic (exact) mass is 252 g/mol. The third kappa shape index (κ3) is 2.60. The van der Waals surface area contributed by atoms with Gasteiger partial charge in [-0.1, -0.05) is 6.07 Å². The molecule has 0 bridgehead atoms. The maximum Gasteiger partial charge on any atom is 0.292 e. The molecule has 2 rings (SSSR count). The summed E-state index contributed by atoms with van der Waals surface area (Å²) in [6.07, 6.45) is 0.940. The summed E-state index contributed by atoms with van der Waals surface area (Å²) in [6.45, 7) is 1.01. The molecule has 0 saturated carbocycles. The molecule has 6 heteroatoms. The third-order valence-corrected chi connectivity index (χ3v) is 3.22. The topological polar surface area (TPSA) is 86.8 Å². The van der Waals surface area contributed by atoms with E-state index >= 15 is 0 Å². The van der Waals surface area contributed by atoms with Gasteiger partial charge in [0.05, 0.1) is 17.6 Å². The molecule has 1 aromatic rings. The van der Waals surface area contributed by atoms with Crippen molar-refractivity contribution < 1.29 is 15.1 Å². The number of hydrogen-bond acceptors (Lipinski definition) is 5. The van der Waals surface area contributed by atoms with Crippen LogP contribution in [0, 0.1) is 10.1 Å². The summed E-state index contributed by atoms with van der Waals surface area (Å²) in [5.74, 6) is 0. The standard InChI is InChI=1S/C12H16N2O4/c15-8-9-1-2-11(12(7-9)14(17)18)13-5-3-10(16)4-6-13/h1-2,7,10,15-16H,3-6,8H2. The van der Waals surface area contributed by atoms with E-state index in [1.165, 1.54) is 6.07 Å². The van der Waals surface area contributed by atoms with Gasteiger partial charge < -0.3 is 15.1 Å². The highest BCUT2D eigenvalue weighted by Crippen LogP contribution is 2.31. The molecule has 18 heavy (non-hydrogen) atoms. The second-order valence-corrected chi connectivity index (χ2v) is 4.46. The van der Waals surface area contributed by atoms with Crippen molar-refractivity contribution in [2.45, 2.75) is 25.6 Å². The maximum atomic E-state index is 11.0. The van der Waals surface area contributed by atoms with Gasteiger partial charge in [0.2, 0.25) is 0 Å². The molecule has 0 aromatic heterocycles. The van der Waals surface area contributed by atoms with E-state index in [-0.39, 0.29) is 18.4 Å². The van der Waals surface area contributed by atoms with Gasteiger partial charge in [-0.05, 0) is 24.5 Å². The van der Waals surface area contributed by atoms with Crippen LogP contribution in [-0.4, -0.2) is 34.3 Å². The van der Waals surface area contributed by atoms with E-state index in [4.69, 9.17) is 5.11 Å². The van der Waals surface area contributed by atoms with Crippen LogP contribution in [0.25, 0.3) is 0 Å². The van der Waals surface area contributed by atoms with Crippen LogP contribution in [0.2, 0.25) is 0 Å². The summed E-state index contributed by atoms with van der Waals surface area (Å²) in [6, 6.07) is 4.76. The first-order valence-corrected chi connectivity index (χ1v) is 5.93. The largest absolute Gasteiger partial charge is 0.393 e. The summed E-state index contributed by atoms with van der Waals surface area (Å²) < 4.78 is 0. The Balaban J connectivity index is 2.29. The Morgan fingerprint density at radius 1 is 1.39 bits per heavy atom. The van der Waals surface area contributed by atoms with Crippen molar-refractivity contribution in [2.24, 2.45) is 0 Å². The van der Waals surface area contributed by atoms with E-state index in [0.29, 0.717) is 37.2 Å². The van der Waals surface area contributed by atoms with E-state index in [1.807, 2.05) is 4.90 Å². The highest BCUT2D eigenvalue weighted by atomic mass is 16.6. The van der Waals surface area contributed by atoms with Crippen molar-refractivity contribution in [1.82, 2.24) is 0 Å². The van der Waals surface area contributed by atoms with Crippen LogP contribution in [0.3, 0.4) is 0 Å². The molecule has 1 fully saturated rings. The summed E-state index contributed by atoms with van der Waals surface area (Å²) in [4.78, 5) is 12.5. The molecule has 1 heterocycles. The van der Waals surface area contributed by atoms with E-state index in [2.05, 4.69) is 0 Å². The highest BCUT2D eigenvalue weighted by Gasteiger charge is 2.24. The molecule has 1 aliphatic rings. The highest BCUT2D eigenvalue weighted by molar-refractivity contribution is 5.64. The summed E-state index contributed by atoms with van der Waals surface area (Å²) in [7, 11) is 0. The van der Waals surface area contributed by atoms with Crippen LogP contribution in [-0.2, 0) is 6.61 Å². The van der Waals surface area contributed by atoms with Gasteiger partial charge >= 0.3 is 0 Å². The van der Waals surface area contributed by atoms with Gasteiger partial charge in [0.15, 0.2) is 0 Å². The maximum absolute atomic E-state index is 11.0. The van der Waals surface area contributed by atoms with Crippen molar-refractivity contribution in [1.29, 1.82) is 0 Å². The number of piperidine rings is 1. The fraction of sp³-hybridized carbons (Fsp3) is 0.500. The van der Waals surface area contributed by atoms with Crippen molar-refractivity contribution in [3.8, 4) is 0 Å². The number of anilines is 1. The number of benzene rings is 1. The Kier molecular flexibility index (Phi) is 3.78. The van der Waals surface area contributed by atoms with Gasteiger partial charge in [-0.2, -0.15) is 0 Å². The number of hydrogen-bond donors (Lipinski definition) is 2. The van der Waals surface area contributed by atoms with Crippen LogP contribution < -0.4 is 4.90 Å². The Morgan fingerprint density at radius 3 is 2.61 bits per heavy atom. The van der Waals surface area contributed by atoms with E-state index in [0.717, 1.165) is 0 Å². The van der Waals surface area contributed by atoms with Crippen molar-refractivity contribution in [3.05, 3.63) is 33.9 Å². The van der Waals surface area contributed by atoms with Crippen LogP contribution in [0.1, 0.15) is 18.4 Å². The Morgan fingerprint density at radius 2 is 2.06 bits per heavy atom. The van der Waals surface area contributed by atoms with Crippen molar-refractivity contribution in [2.75, 3.05) is 18.0 Å². The third-order valence-electron chi connectivity index (χ3n) is 3.22. The minimum atomic E-state index is -0.431. The molecule has 1 saturated heterocycles. The Hall–Kier alpha value is -1.66. The molecule has 98 valence electrons. The molecular formula is C12H16N2O4. The molecule has 0 unspecified atom stereocenters. The number of aliphatic hydroxyl groups is 2. The number of aliphatic hydroxyl groups excluding tert-OH is 2. The Labute approximate surface area is 105 Å². The van der Waals surface area contributed by atoms with Gasteiger partial charge in [-0.15, -0.1) is 0 Å². The van der Waals surface area contributed by atoms with Crippen LogP contribution >= 0.6 is 0 Å². The van der Waals surface area contributed by atoms with Gasteiger partial charge in [0, 0.05) is 19.2 Å². The molecule has 2 N–H and O–H groups in total. The second kappa shape index (κ2) is 5.32. The molecule has 6 nitrogen and oxygen atoms in total. The molecule has 0 atom stereocenters. The smallest absolute Gasteiger partial charge is 0.292 e. The zero-order valence-electron chi connectivity index (χ0n) is 9.95. The molecule has 0 spiro atoms. The van der Waals surface area contributed by atoms with Gasteiger partial charge in [-0.3, -0.25) is 10.1 Å². The molecule has 0 aliphatic carbocycles. The first kappa shape index (κ1) is 12.8. The zero-order valence-corrected chi connectivity index (χ0v) is 9.95. The predicted molar refractivity (Wildman–Crippen MR) is 66.5 cm³/mol. The average molecular weight is 252 g/mol. The fourth-order valence-electron chi connectivity index (χ4n) is 2.19. The van der Waals surface area contributed by atoms with Gasteiger partial charge in [0.1, 0.15) is 5.69 Å². The van der Waals surface area contributed by atoms with Gasteiger partial charge in [0.25, 0.3) is 5.69 Å². The zero-order chi connectivity index (χ0) is 13.1. The summed E-state index contributed by atoms with van der Waals surface area (Å²) in [5, 5.41) is 29.5. The van der Waals surface area contributed by atoms with E-state index in [9.17, 15) is 15.2 Å². The van der Waals surface area contributed by atoms with Crippen LogP contribution in [0.4, 0.5) is 11.4 Å². The minimum Gasteiger partial charge on any atom is -0.393 e. The normalized spacial score (nSPS) is 16.9. The molecule has 0 amide bonds. The van der Waals surface area contributed by atoms with Crippen LogP contribution in [0.5, 0.6) is 0 Å². The van der Waals surface area contributed by atoms with E-state index < -0.39 is 4.92 Å². The fourth-order valence-corrected chi connectivity index (χ4v) is 2.19. The lowest BCUT2D eigenvalue weighted by Crippen LogP contribution is -2.36. The number of nitro groups is 1. The predicted octanol–water partition coefficient (Wildman–Crippen LogP) is 1.05. The number of nitro benzene ring substituents is 1. The summed E-state index contributed by atoms with van der Waals surface area (Å²) >= 11 is 0. The lowest BCUT2D eigenvalue weighted by atomic mass is 10.1. The van der Waals surface area contributed by atoms with Crippen molar-refractivity contribution in [3.63, 3.8) is 0 Å². The SMILES string of the molecule is O=[N+]([O-])c1cc(CO)ccc1N1CCC(O)CC1. The van der Waals surface area contributed by atoms with Crippen molar-refractivity contribution >= 4 is 11.4 Å². The molecule has 1 aliphatic heterocycles. The lowest BCUT2D eigenvalue weighted by molar-refractivity contribution is -0.384. The molecule has 1 aromatic carbocycles. The number of nitrogens with zero attached hydrogens (tertiary/aromatic N) is 2. The first-order valence-electron chi connectivity index (χ1n) is 5.93. The first-order chi connectivity index (χ1) is 8.61. The quantitative estimate of drug-likeness (QED) is 0.620. The Bertz CT molecular complexity index is 442. The lowest BCUT2D eigenvalue weighted by Gasteiger charge is -2.31. The summed E-state index contributed by atoms with van der Waals surface area (Å²) in [5.41, 5.74) is 1.10.